The quantitative estimate of drug-likeness (QED) is 0.514. The molecule has 0 spiro atoms. The van der Waals surface area contributed by atoms with Crippen molar-refractivity contribution in [2.75, 3.05) is 0 Å². The fourth-order valence-corrected chi connectivity index (χ4v) is 0.985. The van der Waals surface area contributed by atoms with Crippen LogP contribution in [0.25, 0.3) is 0 Å². The van der Waals surface area contributed by atoms with E-state index < -0.39 is 11.8 Å². The molecule has 0 saturated heterocycles. The van der Waals surface area contributed by atoms with Crippen molar-refractivity contribution >= 4 is 11.8 Å². The van der Waals surface area contributed by atoms with E-state index in [2.05, 4.69) is 0 Å². The van der Waals surface area contributed by atoms with Crippen LogP contribution in [0.1, 0.15) is 12.8 Å². The van der Waals surface area contributed by atoms with Gasteiger partial charge in [-0.05, 0) is 24.5 Å². The number of allylic oxidation sites excluding steroid dienone is 2. The highest BCUT2D eigenvalue weighted by molar-refractivity contribution is 6.09. The molecule has 0 unspecified atom stereocenters. The fourth-order valence-electron chi connectivity index (χ4n) is 0.985. The summed E-state index contributed by atoms with van der Waals surface area (Å²) in [6, 6.07) is 0. The van der Waals surface area contributed by atoms with E-state index in [0.29, 0.717) is 0 Å². The van der Waals surface area contributed by atoms with Crippen molar-refractivity contribution in [2.45, 2.75) is 12.8 Å². The van der Waals surface area contributed by atoms with Gasteiger partial charge in [-0.2, -0.15) is 0 Å². The van der Waals surface area contributed by atoms with Crippen molar-refractivity contribution in [3.8, 4) is 0 Å². The molecule has 1 rings (SSSR count). The van der Waals surface area contributed by atoms with Gasteiger partial charge in [0.05, 0.1) is 12.3 Å². The van der Waals surface area contributed by atoms with Crippen molar-refractivity contribution in [3.63, 3.8) is 0 Å². The van der Waals surface area contributed by atoms with Crippen LogP contribution in [-0.4, -0.2) is 11.8 Å². The Kier molecular flexibility index (Phi) is 2.38. The molecule has 0 aromatic rings. The maximum atomic E-state index is 11.9. The average Bonchev–Trinajstić information content (AvgIpc) is 2.04. The highest BCUT2D eigenvalue weighted by Crippen LogP contribution is 2.19. The van der Waals surface area contributed by atoms with Crippen LogP contribution in [0, 0.1) is 0 Å². The number of hydrogen-bond donors (Lipinski definition) is 0. The molecule has 0 radical (unpaired) electrons. The Balaban J connectivity index is 2.89. The molecule has 0 aliphatic heterocycles. The van der Waals surface area contributed by atoms with Gasteiger partial charge >= 0.3 is 0 Å². The molecular weight excluding hydrogens is 163 g/mol. The molecule has 4 heteroatoms. The van der Waals surface area contributed by atoms with E-state index in [4.69, 9.17) is 0 Å². The summed E-state index contributed by atoms with van der Waals surface area (Å²) in [6.07, 6.45) is 1.41. The van der Waals surface area contributed by atoms with E-state index in [1.165, 1.54) is 0 Å². The second-order valence-electron chi connectivity index (χ2n) is 2.46. The van der Waals surface area contributed by atoms with Crippen LogP contribution >= 0.6 is 0 Å². The van der Waals surface area contributed by atoms with E-state index in [1.807, 2.05) is 0 Å². The molecule has 12 heavy (non-hydrogen) atoms. The number of ketones is 1. The molecule has 0 atom stereocenters. The Hall–Kier alpha value is -1.45. The number of carboxylic acid groups (broad SMARTS) is 1. The lowest BCUT2D eigenvalue weighted by Crippen LogP contribution is -2.27. The lowest BCUT2D eigenvalue weighted by molar-refractivity contribution is -0.299. The van der Waals surface area contributed by atoms with Crippen LogP contribution in [0.15, 0.2) is 23.6 Å². The fraction of sp³-hybridized carbons (Fsp3) is 0.250. The average molecular weight is 169 g/mol. The van der Waals surface area contributed by atoms with Crippen molar-refractivity contribution in [3.05, 3.63) is 23.6 Å². The third-order valence-corrected chi connectivity index (χ3v) is 1.68. The van der Waals surface area contributed by atoms with E-state index >= 15 is 0 Å². The number of aliphatic carboxylic acids is 1. The molecule has 0 amide bonds. The summed E-state index contributed by atoms with van der Waals surface area (Å²) in [5.41, 5.74) is -0.0504. The normalized spacial score (nSPS) is 20.9. The highest BCUT2D eigenvalue weighted by Gasteiger charge is 2.15. The lowest BCUT2D eigenvalue weighted by Gasteiger charge is -2.13. The Morgan fingerprint density at radius 1 is 1.58 bits per heavy atom. The van der Waals surface area contributed by atoms with Crippen molar-refractivity contribution in [2.24, 2.45) is 0 Å². The zero-order valence-corrected chi connectivity index (χ0v) is 6.17. The van der Waals surface area contributed by atoms with Gasteiger partial charge in [0.1, 0.15) is 0 Å². The molecule has 1 aliphatic carbocycles. The summed E-state index contributed by atoms with van der Waals surface area (Å²) >= 11 is 0. The molecular formula is C8H6FO3-. The number of carbonyl (C=O) groups excluding carboxylic acids is 2. The summed E-state index contributed by atoms with van der Waals surface area (Å²) in [6.45, 7) is 0. The van der Waals surface area contributed by atoms with Gasteiger partial charge in [-0.25, -0.2) is 4.39 Å². The molecule has 0 saturated carbocycles. The van der Waals surface area contributed by atoms with Crippen molar-refractivity contribution < 1.29 is 19.1 Å². The van der Waals surface area contributed by atoms with Gasteiger partial charge in [-0.1, -0.05) is 0 Å². The Bertz CT molecular complexity index is 289. The number of halogens is 1. The monoisotopic (exact) mass is 169 g/mol. The highest BCUT2D eigenvalue weighted by atomic mass is 19.1. The van der Waals surface area contributed by atoms with Crippen LogP contribution in [0.2, 0.25) is 0 Å². The van der Waals surface area contributed by atoms with Crippen molar-refractivity contribution in [1.29, 1.82) is 0 Å². The number of rotatable bonds is 1. The predicted molar refractivity (Wildman–Crippen MR) is 36.5 cm³/mol. The third-order valence-electron chi connectivity index (χ3n) is 1.68. The van der Waals surface area contributed by atoms with Crippen molar-refractivity contribution in [1.82, 2.24) is 0 Å². The zero-order chi connectivity index (χ0) is 9.14. The van der Waals surface area contributed by atoms with E-state index in [0.717, 1.165) is 6.08 Å². The van der Waals surface area contributed by atoms with E-state index in [9.17, 15) is 19.1 Å². The first-order valence-electron chi connectivity index (χ1n) is 3.40. The minimum absolute atomic E-state index is 0.0139. The molecule has 3 nitrogen and oxygen atoms in total. The predicted octanol–water partition coefficient (Wildman–Crippen LogP) is -0.121. The van der Waals surface area contributed by atoms with Crippen LogP contribution < -0.4 is 5.11 Å². The Morgan fingerprint density at radius 2 is 2.25 bits per heavy atom. The molecule has 0 aromatic carbocycles. The van der Waals surface area contributed by atoms with Gasteiger partial charge in [0.25, 0.3) is 0 Å². The summed E-state index contributed by atoms with van der Waals surface area (Å²) in [5.74, 6) is -1.94. The SMILES string of the molecule is O=C([O-])C1=CC(=O)/C(=C/F)CC1. The molecule has 0 bridgehead atoms. The number of hydrogen-bond acceptors (Lipinski definition) is 3. The lowest BCUT2D eigenvalue weighted by atomic mass is 9.95. The molecule has 64 valence electrons. The van der Waals surface area contributed by atoms with Gasteiger partial charge in [0, 0.05) is 5.57 Å². The van der Waals surface area contributed by atoms with Gasteiger partial charge in [-0.15, -0.1) is 0 Å². The van der Waals surface area contributed by atoms with Gasteiger partial charge in [0.2, 0.25) is 0 Å². The minimum atomic E-state index is -1.36. The maximum absolute atomic E-state index is 11.9. The van der Waals surface area contributed by atoms with Crippen LogP contribution in [0.3, 0.4) is 0 Å². The Morgan fingerprint density at radius 3 is 2.67 bits per heavy atom. The molecule has 0 fully saturated rings. The number of carboxylic acids is 1. The zero-order valence-electron chi connectivity index (χ0n) is 6.17. The summed E-state index contributed by atoms with van der Waals surface area (Å²) in [4.78, 5) is 21.1. The summed E-state index contributed by atoms with van der Waals surface area (Å²) in [5, 5.41) is 10.3. The first-order chi connectivity index (χ1) is 5.65. The molecule has 0 aromatic heterocycles. The van der Waals surface area contributed by atoms with Gasteiger partial charge < -0.3 is 9.90 Å². The second-order valence-corrected chi connectivity index (χ2v) is 2.46. The largest absolute Gasteiger partial charge is 0.545 e. The summed E-state index contributed by atoms with van der Waals surface area (Å²) < 4.78 is 11.9. The standard InChI is InChI=1S/C8H7FO3/c9-4-6-2-1-5(8(11)12)3-7(6)10/h3-4H,1-2H2,(H,11,12)/p-1/b6-4+. The van der Waals surface area contributed by atoms with Crippen LogP contribution in [-0.2, 0) is 9.59 Å². The molecule has 1 aliphatic rings. The first-order valence-corrected chi connectivity index (χ1v) is 3.40. The smallest absolute Gasteiger partial charge is 0.184 e. The minimum Gasteiger partial charge on any atom is -0.545 e. The third kappa shape index (κ3) is 1.58. The molecule has 0 heterocycles. The van der Waals surface area contributed by atoms with E-state index in [1.54, 1.807) is 0 Å². The first kappa shape index (κ1) is 8.64. The molecule has 0 N–H and O–H groups in total. The Labute approximate surface area is 68.2 Å². The van der Waals surface area contributed by atoms with Gasteiger partial charge in [-0.3, -0.25) is 4.79 Å². The topological polar surface area (TPSA) is 57.2 Å². The summed E-state index contributed by atoms with van der Waals surface area (Å²) in [7, 11) is 0. The van der Waals surface area contributed by atoms with Gasteiger partial charge in [0.15, 0.2) is 5.78 Å². The van der Waals surface area contributed by atoms with E-state index in [-0.39, 0.29) is 30.3 Å². The number of carbonyl (C=O) groups is 2. The second kappa shape index (κ2) is 3.30. The van der Waals surface area contributed by atoms with Crippen LogP contribution in [0.4, 0.5) is 4.39 Å². The maximum Gasteiger partial charge on any atom is 0.184 e. The van der Waals surface area contributed by atoms with Crippen LogP contribution in [0.5, 0.6) is 0 Å².